The number of benzene rings is 3. The minimum atomic E-state index is -0.886. The monoisotopic (exact) mass is 401 g/mol. The molecule has 1 saturated heterocycles. The second kappa shape index (κ2) is 8.72. The number of rotatable bonds is 6. The van der Waals surface area contributed by atoms with Crippen LogP contribution in [0.25, 0.3) is 0 Å². The van der Waals surface area contributed by atoms with Gasteiger partial charge in [0, 0.05) is 13.1 Å². The van der Waals surface area contributed by atoms with Crippen LogP contribution in [-0.2, 0) is 10.2 Å². The van der Waals surface area contributed by atoms with E-state index >= 15 is 0 Å². The Morgan fingerprint density at radius 2 is 1.47 bits per heavy atom. The van der Waals surface area contributed by atoms with E-state index in [-0.39, 0.29) is 6.04 Å². The highest BCUT2D eigenvalue weighted by atomic mass is 16.5. The summed E-state index contributed by atoms with van der Waals surface area (Å²) in [5.41, 5.74) is 2.40. The molecule has 1 fully saturated rings. The summed E-state index contributed by atoms with van der Waals surface area (Å²) in [5, 5.41) is 10.2. The summed E-state index contributed by atoms with van der Waals surface area (Å²) >= 11 is 0. The van der Waals surface area contributed by atoms with Gasteiger partial charge in [-0.25, -0.2) is 0 Å². The molecule has 4 nitrogen and oxygen atoms in total. The Balaban J connectivity index is 1.64. The Hall–Kier alpha value is -3.11. The van der Waals surface area contributed by atoms with Crippen molar-refractivity contribution in [2.24, 2.45) is 0 Å². The Morgan fingerprint density at radius 3 is 1.97 bits per heavy atom. The summed E-state index contributed by atoms with van der Waals surface area (Å²) in [6.07, 6.45) is 1.12. The van der Waals surface area contributed by atoms with Crippen molar-refractivity contribution in [2.45, 2.75) is 24.3 Å². The number of methoxy groups -OCH3 is 1. The smallest absolute Gasteiger partial charge is 0.314 e. The molecule has 0 bridgehead atoms. The first-order chi connectivity index (χ1) is 14.6. The molecule has 0 atom stereocenters. The molecule has 0 aliphatic carbocycles. The lowest BCUT2D eigenvalue weighted by atomic mass is 9.72. The van der Waals surface area contributed by atoms with Crippen LogP contribution < -0.4 is 4.74 Å². The average molecular weight is 402 g/mol. The first-order valence-corrected chi connectivity index (χ1v) is 10.4. The normalized spacial score (nSPS) is 16.3. The maximum Gasteiger partial charge on any atom is 0.314 e. The van der Waals surface area contributed by atoms with E-state index in [2.05, 4.69) is 53.4 Å². The van der Waals surface area contributed by atoms with Crippen molar-refractivity contribution >= 4 is 5.97 Å². The number of carbonyl (C=O) groups is 1. The fraction of sp³-hybridized carbons (Fsp3) is 0.269. The number of aliphatic carboxylic acids is 1. The van der Waals surface area contributed by atoms with Crippen molar-refractivity contribution in [2.75, 3.05) is 20.2 Å². The topological polar surface area (TPSA) is 49.8 Å². The molecule has 1 aliphatic rings. The average Bonchev–Trinajstić information content (AvgIpc) is 2.81. The first kappa shape index (κ1) is 20.2. The van der Waals surface area contributed by atoms with Crippen molar-refractivity contribution in [1.29, 1.82) is 0 Å². The molecule has 1 N–H and O–H groups in total. The Morgan fingerprint density at radius 1 is 0.900 bits per heavy atom. The number of carboxylic acids is 1. The summed E-state index contributed by atoms with van der Waals surface area (Å²) in [5.74, 6) is -0.0617. The van der Waals surface area contributed by atoms with Gasteiger partial charge < -0.3 is 9.84 Å². The highest BCUT2D eigenvalue weighted by Crippen LogP contribution is 2.40. The lowest BCUT2D eigenvalue weighted by molar-refractivity contribution is -0.146. The van der Waals surface area contributed by atoms with E-state index in [1.807, 2.05) is 36.4 Å². The van der Waals surface area contributed by atoms with Gasteiger partial charge >= 0.3 is 5.97 Å². The number of carboxylic acid groups (broad SMARTS) is 1. The lowest BCUT2D eigenvalue weighted by Crippen LogP contribution is -2.48. The second-order valence-corrected chi connectivity index (χ2v) is 7.88. The zero-order valence-electron chi connectivity index (χ0n) is 17.2. The highest BCUT2D eigenvalue weighted by Gasteiger charge is 2.44. The van der Waals surface area contributed by atoms with Gasteiger partial charge in [0.25, 0.3) is 0 Å². The number of likely N-dealkylation sites (tertiary alicyclic amines) is 1. The number of nitrogens with zero attached hydrogens (tertiary/aromatic N) is 1. The SMILES string of the molecule is COc1cccc(C2(C(=O)O)CCN(C(c3ccccc3)c3ccccc3)CC2)c1. The quantitative estimate of drug-likeness (QED) is 0.638. The summed E-state index contributed by atoms with van der Waals surface area (Å²) in [4.78, 5) is 14.8. The minimum Gasteiger partial charge on any atom is -0.497 e. The number of ether oxygens (including phenoxy) is 1. The van der Waals surface area contributed by atoms with Gasteiger partial charge in [0.1, 0.15) is 5.75 Å². The number of hydrogen-bond donors (Lipinski definition) is 1. The van der Waals surface area contributed by atoms with E-state index in [9.17, 15) is 9.90 Å². The third-order valence-electron chi connectivity index (χ3n) is 6.28. The van der Waals surface area contributed by atoms with Gasteiger partial charge in [0.15, 0.2) is 0 Å². The molecular weight excluding hydrogens is 374 g/mol. The van der Waals surface area contributed by atoms with E-state index in [0.717, 1.165) is 5.56 Å². The molecule has 0 saturated carbocycles. The van der Waals surface area contributed by atoms with Gasteiger partial charge in [-0.05, 0) is 41.7 Å². The van der Waals surface area contributed by atoms with Crippen LogP contribution in [0.5, 0.6) is 5.75 Å². The second-order valence-electron chi connectivity index (χ2n) is 7.88. The van der Waals surface area contributed by atoms with E-state index in [4.69, 9.17) is 4.74 Å². The van der Waals surface area contributed by atoms with Crippen LogP contribution in [0.2, 0.25) is 0 Å². The van der Waals surface area contributed by atoms with Crippen LogP contribution in [0.3, 0.4) is 0 Å². The van der Waals surface area contributed by atoms with Gasteiger partial charge in [0.2, 0.25) is 0 Å². The number of piperidine rings is 1. The van der Waals surface area contributed by atoms with Gasteiger partial charge in [-0.15, -0.1) is 0 Å². The third-order valence-corrected chi connectivity index (χ3v) is 6.28. The molecule has 0 spiro atoms. The van der Waals surface area contributed by atoms with E-state index < -0.39 is 11.4 Å². The highest BCUT2D eigenvalue weighted by molar-refractivity contribution is 5.81. The first-order valence-electron chi connectivity index (χ1n) is 10.4. The molecule has 30 heavy (non-hydrogen) atoms. The number of hydrogen-bond acceptors (Lipinski definition) is 3. The Bertz CT molecular complexity index is 940. The summed E-state index contributed by atoms with van der Waals surface area (Å²) in [6, 6.07) is 28.5. The van der Waals surface area contributed by atoms with Gasteiger partial charge in [-0.3, -0.25) is 9.69 Å². The van der Waals surface area contributed by atoms with E-state index in [1.165, 1.54) is 11.1 Å². The standard InChI is InChI=1S/C26H27NO3/c1-30-23-14-8-13-22(19-23)26(25(28)29)15-17-27(18-16-26)24(20-9-4-2-5-10-20)21-11-6-3-7-12-21/h2-14,19,24H,15-18H2,1H3,(H,28,29). The molecule has 3 aromatic carbocycles. The van der Waals surface area contributed by atoms with Gasteiger partial charge in [-0.2, -0.15) is 0 Å². The van der Waals surface area contributed by atoms with Crippen LogP contribution in [0.4, 0.5) is 0 Å². The molecule has 1 heterocycles. The fourth-order valence-corrected chi connectivity index (χ4v) is 4.60. The lowest BCUT2D eigenvalue weighted by Gasteiger charge is -2.43. The summed E-state index contributed by atoms with van der Waals surface area (Å²) < 4.78 is 5.34. The van der Waals surface area contributed by atoms with Gasteiger partial charge in [-0.1, -0.05) is 72.8 Å². The van der Waals surface area contributed by atoms with Crippen molar-refractivity contribution in [3.05, 3.63) is 102 Å². The molecular formula is C26H27NO3. The molecule has 0 amide bonds. The predicted molar refractivity (Wildman–Crippen MR) is 118 cm³/mol. The van der Waals surface area contributed by atoms with Crippen LogP contribution in [0.15, 0.2) is 84.9 Å². The molecule has 4 rings (SSSR count). The van der Waals surface area contributed by atoms with Crippen LogP contribution >= 0.6 is 0 Å². The molecule has 0 aromatic heterocycles. The fourth-order valence-electron chi connectivity index (χ4n) is 4.60. The van der Waals surface area contributed by atoms with E-state index in [0.29, 0.717) is 31.7 Å². The van der Waals surface area contributed by atoms with Crippen molar-refractivity contribution in [3.8, 4) is 5.75 Å². The summed E-state index contributed by atoms with van der Waals surface area (Å²) in [6.45, 7) is 1.41. The largest absolute Gasteiger partial charge is 0.497 e. The van der Waals surface area contributed by atoms with Crippen molar-refractivity contribution in [3.63, 3.8) is 0 Å². The zero-order valence-corrected chi connectivity index (χ0v) is 17.2. The Kier molecular flexibility index (Phi) is 5.86. The Labute approximate surface area is 177 Å². The molecule has 1 aliphatic heterocycles. The summed E-state index contributed by atoms with van der Waals surface area (Å²) in [7, 11) is 1.61. The van der Waals surface area contributed by atoms with Crippen LogP contribution in [-0.4, -0.2) is 36.2 Å². The maximum atomic E-state index is 12.4. The van der Waals surface area contributed by atoms with Crippen LogP contribution in [0, 0.1) is 0 Å². The van der Waals surface area contributed by atoms with Crippen molar-refractivity contribution < 1.29 is 14.6 Å². The molecule has 0 unspecified atom stereocenters. The molecule has 0 radical (unpaired) electrons. The zero-order chi connectivity index (χ0) is 21.0. The van der Waals surface area contributed by atoms with Gasteiger partial charge in [0.05, 0.1) is 18.6 Å². The van der Waals surface area contributed by atoms with E-state index in [1.54, 1.807) is 7.11 Å². The molecule has 4 heteroatoms. The minimum absolute atomic E-state index is 0.115. The molecule has 3 aromatic rings. The molecule has 154 valence electrons. The van der Waals surface area contributed by atoms with Crippen LogP contribution in [0.1, 0.15) is 35.6 Å². The maximum absolute atomic E-state index is 12.4. The predicted octanol–water partition coefficient (Wildman–Crippen LogP) is 4.90. The van der Waals surface area contributed by atoms with Crippen molar-refractivity contribution in [1.82, 2.24) is 4.90 Å². The third kappa shape index (κ3) is 3.83.